The van der Waals surface area contributed by atoms with E-state index in [0.717, 1.165) is 11.3 Å². The smallest absolute Gasteiger partial charge is 0.410 e. The number of amides is 1. The minimum Gasteiger partial charge on any atom is -0.458 e. The number of rotatable bonds is 13. The quantitative estimate of drug-likeness (QED) is 0.102. The lowest BCUT2D eigenvalue weighted by Gasteiger charge is -2.47. The lowest BCUT2D eigenvalue weighted by Crippen LogP contribution is -2.61. The first-order valence-electron chi connectivity index (χ1n) is 22.9. The van der Waals surface area contributed by atoms with Crippen LogP contribution in [-0.4, -0.2) is 171 Å². The number of Topliss-reactive ketones (excluding diaryl/α,β-unsaturated/α-hetero) is 1. The summed E-state index contributed by atoms with van der Waals surface area (Å²) in [5.74, 6) is -3.29. The van der Waals surface area contributed by atoms with Gasteiger partial charge in [0, 0.05) is 80.9 Å². The molecule has 1 aromatic heterocycles. The van der Waals surface area contributed by atoms with Crippen molar-refractivity contribution in [2.75, 3.05) is 59.4 Å². The summed E-state index contributed by atoms with van der Waals surface area (Å²) >= 11 is 0.250. The molecule has 1 aromatic carbocycles. The van der Waals surface area contributed by atoms with Crippen LogP contribution in [0, 0.1) is 17.8 Å². The van der Waals surface area contributed by atoms with E-state index in [4.69, 9.17) is 29.4 Å². The van der Waals surface area contributed by atoms with Crippen molar-refractivity contribution in [3.63, 3.8) is 0 Å². The second-order valence-corrected chi connectivity index (χ2v) is 19.0. The lowest BCUT2D eigenvalue weighted by atomic mass is 9.78. The van der Waals surface area contributed by atoms with Gasteiger partial charge in [-0.05, 0) is 98.9 Å². The highest BCUT2D eigenvalue weighted by molar-refractivity contribution is 7.93. The van der Waals surface area contributed by atoms with Gasteiger partial charge in [-0.15, -0.1) is 5.10 Å². The summed E-state index contributed by atoms with van der Waals surface area (Å²) in [7, 11) is 5.42. The number of halogens is 1. The molecular formula is C46H76FN7O10S. The number of nitrogens with two attached hydrogens (primary N) is 1. The Bertz CT molecular complexity index is 1850. The highest BCUT2D eigenvalue weighted by Crippen LogP contribution is 2.41. The van der Waals surface area contributed by atoms with Crippen LogP contribution in [0.2, 0.25) is 0 Å². The monoisotopic (exact) mass is 938 g/mol. The third-order valence-electron chi connectivity index (χ3n) is 13.7. The average Bonchev–Trinajstić information content (AvgIpc) is 3.84. The van der Waals surface area contributed by atoms with E-state index in [1.54, 1.807) is 23.6 Å². The number of hydrogen-bond donors (Lipinski definition) is 3. The average molecular weight is 938 g/mol. The van der Waals surface area contributed by atoms with E-state index in [1.165, 1.54) is 13.2 Å². The summed E-state index contributed by atoms with van der Waals surface area (Å²) in [4.78, 5) is 48.4. The molecule has 4 heterocycles. The van der Waals surface area contributed by atoms with Crippen LogP contribution in [0.5, 0.6) is 0 Å². The van der Waals surface area contributed by atoms with Crippen LogP contribution < -0.4 is 5.73 Å². The molecule has 13 atom stereocenters. The summed E-state index contributed by atoms with van der Waals surface area (Å²) in [6.07, 6.45) is 1.10. The zero-order valence-electron chi connectivity index (χ0n) is 40.5. The zero-order valence-corrected chi connectivity index (χ0v) is 41.3. The Morgan fingerprint density at radius 3 is 2.42 bits per heavy atom. The van der Waals surface area contributed by atoms with E-state index in [9.17, 15) is 28.5 Å². The van der Waals surface area contributed by atoms with Crippen molar-refractivity contribution < 1.29 is 52.2 Å². The van der Waals surface area contributed by atoms with Crippen molar-refractivity contribution in [2.45, 2.75) is 154 Å². The summed E-state index contributed by atoms with van der Waals surface area (Å²) in [6, 6.07) is 6.34. The molecule has 3 unspecified atom stereocenters. The molecule has 5 rings (SSSR count). The molecule has 3 aliphatic heterocycles. The van der Waals surface area contributed by atoms with Gasteiger partial charge in [0.2, 0.25) is 0 Å². The van der Waals surface area contributed by atoms with E-state index in [-0.39, 0.29) is 42.9 Å². The number of nitrogens with zero attached hydrogens (tertiary/aromatic N) is 6. The maximum absolute atomic E-state index is 14.5. The molecule has 2 aromatic rings. The van der Waals surface area contributed by atoms with Gasteiger partial charge in [0.25, 0.3) is 0 Å². The summed E-state index contributed by atoms with van der Waals surface area (Å²) in [5, 5.41) is 29.9. The number of aromatic nitrogens is 3. The number of ether oxygens (including phenoxy) is 5. The Hall–Kier alpha value is -3.43. The first-order chi connectivity index (χ1) is 30.7. The Morgan fingerprint density at radius 1 is 1.11 bits per heavy atom. The van der Waals surface area contributed by atoms with Gasteiger partial charge in [0.05, 0.1) is 36.7 Å². The number of hydrogen-bond acceptors (Lipinski definition) is 16. The number of fused-ring (bicyclic) bond motifs is 1. The fourth-order valence-corrected chi connectivity index (χ4v) is 10.1. The predicted molar refractivity (Wildman–Crippen MR) is 247 cm³/mol. The van der Waals surface area contributed by atoms with Gasteiger partial charge >= 0.3 is 12.1 Å². The van der Waals surface area contributed by atoms with Gasteiger partial charge < -0.3 is 44.5 Å². The second-order valence-electron chi connectivity index (χ2n) is 18.7. The molecule has 368 valence electrons. The van der Waals surface area contributed by atoms with Crippen LogP contribution in [-0.2, 0) is 39.8 Å². The molecule has 17 nitrogen and oxygen atoms in total. The molecular weight excluding hydrogens is 862 g/mol. The van der Waals surface area contributed by atoms with Crippen molar-refractivity contribution in [1.29, 1.82) is 0 Å². The van der Waals surface area contributed by atoms with Crippen molar-refractivity contribution >= 4 is 35.7 Å². The van der Waals surface area contributed by atoms with Crippen molar-refractivity contribution in [1.82, 2.24) is 29.7 Å². The van der Waals surface area contributed by atoms with E-state index in [2.05, 4.69) is 29.1 Å². The number of unbranched alkanes of at least 4 members (excludes halogenated alkanes) is 1. The molecule has 4 N–H and O–H groups in total. The number of anilines is 1. The maximum Gasteiger partial charge on any atom is 0.410 e. The molecule has 3 fully saturated rings. The van der Waals surface area contributed by atoms with Crippen LogP contribution in [0.1, 0.15) is 87.5 Å². The van der Waals surface area contributed by atoms with Gasteiger partial charge in [0.15, 0.2) is 17.7 Å². The number of esters is 1. The topological polar surface area (TPSA) is 204 Å². The Labute approximate surface area is 389 Å². The fourth-order valence-electron chi connectivity index (χ4n) is 10.1. The predicted octanol–water partition coefficient (Wildman–Crippen LogP) is 5.22. The van der Waals surface area contributed by atoms with Crippen molar-refractivity contribution in [2.24, 2.45) is 17.8 Å². The number of aryl methyl sites for hydroxylation is 1. The molecule has 3 saturated heterocycles. The van der Waals surface area contributed by atoms with E-state index in [1.807, 2.05) is 77.2 Å². The minimum atomic E-state index is -1.25. The fraction of sp³-hybridized carbons (Fsp3) is 0.761. The molecule has 0 bridgehead atoms. The Morgan fingerprint density at radius 2 is 1.78 bits per heavy atom. The second kappa shape index (κ2) is 24.0. The van der Waals surface area contributed by atoms with Gasteiger partial charge in [-0.1, -0.05) is 38.1 Å². The third kappa shape index (κ3) is 13.0. The van der Waals surface area contributed by atoms with Crippen LogP contribution >= 0.6 is 12.1 Å². The zero-order chi connectivity index (χ0) is 48.4. The van der Waals surface area contributed by atoms with Crippen molar-refractivity contribution in [3.05, 3.63) is 30.5 Å². The third-order valence-corrected chi connectivity index (χ3v) is 13.7. The molecule has 19 heteroatoms. The van der Waals surface area contributed by atoms with E-state index < -0.39 is 71.5 Å². The normalized spacial score (nSPS) is 34.2. The van der Waals surface area contributed by atoms with Crippen LogP contribution in [0.25, 0.3) is 11.3 Å². The Balaban J connectivity index is 0.00000300. The number of carbonyl (C=O) groups is 3. The standard InChI is InChI=1S/C45H73N7O10.CH3FS/c1-12-36-45(8)39(52(43(57)62-45)19-14-13-18-51-26-34(47-48-51)32-16-15-17-33(46)23-32)31(6)50(10)25-27(2)24-44(7,58-11)40(29(4)37(54)30(5)41(56)60-36)61-42-38(55)35(22-28(3)59-42)49(9)20-21-53;1-3-2/h15-17,23,26-31,35-36,38-40,42,53,55H,12-14,18-22,24-25,46H2,1-11H3;1H3/t27-,28?,29+,30-,31-,35?,36-,38?,39-,40-,42+,44-,45-;/m1./s1. The molecule has 3 aliphatic rings. The van der Waals surface area contributed by atoms with E-state index in [0.29, 0.717) is 64.0 Å². The number of likely N-dealkylation sites (N-methyl/N-ethyl adjacent to an activating group) is 2. The van der Waals surface area contributed by atoms with Crippen LogP contribution in [0.15, 0.2) is 30.5 Å². The van der Waals surface area contributed by atoms with Crippen molar-refractivity contribution in [3.8, 4) is 11.3 Å². The molecule has 1 amide bonds. The largest absolute Gasteiger partial charge is 0.458 e. The number of benzene rings is 1. The number of cyclic esters (lactones) is 1. The summed E-state index contributed by atoms with van der Waals surface area (Å²) in [6.45, 7) is 16.7. The number of aliphatic hydroxyl groups excluding tert-OH is 2. The summed E-state index contributed by atoms with van der Waals surface area (Å²) < 4.78 is 43.7. The SMILES string of the molecule is CC[C@H]1OC(=O)[C@H](C)C(=O)[C@H](C)[C@@H](O[C@@H]2OC(C)CC(N(C)CCO)C2O)[C@](C)(OC)C[C@@H](C)CN(C)[C@H](C)[C@H]2N(CCCCn3cc(-c4cccc(N)c4)nn3)C(=O)O[C@]12C.CSF. The molecule has 65 heavy (non-hydrogen) atoms. The number of nitrogen functional groups attached to an aromatic ring is 1. The van der Waals surface area contributed by atoms with Gasteiger partial charge in [0.1, 0.15) is 23.8 Å². The van der Waals surface area contributed by atoms with Crippen LogP contribution in [0.4, 0.5) is 14.4 Å². The number of ketones is 1. The molecule has 0 spiro atoms. The van der Waals surface area contributed by atoms with Gasteiger partial charge in [-0.3, -0.25) is 24.1 Å². The lowest BCUT2D eigenvalue weighted by molar-refractivity contribution is -0.296. The number of carbonyl (C=O) groups excluding carboxylic acids is 3. The summed E-state index contributed by atoms with van der Waals surface area (Å²) in [5.41, 5.74) is 5.89. The molecule has 0 saturated carbocycles. The first kappa shape index (κ1) is 54.2. The maximum atomic E-state index is 14.5. The highest BCUT2D eigenvalue weighted by Gasteiger charge is 2.59. The minimum absolute atomic E-state index is 0.0274. The molecule has 0 aliphatic carbocycles. The molecule has 0 radical (unpaired) electrons. The van der Waals surface area contributed by atoms with Crippen LogP contribution in [0.3, 0.4) is 0 Å². The number of methoxy groups -OCH3 is 1. The highest BCUT2D eigenvalue weighted by atomic mass is 32.2. The first-order valence-corrected chi connectivity index (χ1v) is 24.0. The Kier molecular flexibility index (Phi) is 20.0. The van der Waals surface area contributed by atoms with Gasteiger partial charge in [-0.2, -0.15) is 3.89 Å². The van der Waals surface area contributed by atoms with E-state index >= 15 is 0 Å². The number of aliphatic hydroxyl groups is 2. The van der Waals surface area contributed by atoms with Gasteiger partial charge in [-0.25, -0.2) is 4.79 Å².